The Morgan fingerprint density at radius 3 is 3.00 bits per heavy atom. The van der Waals surface area contributed by atoms with Gasteiger partial charge in [0.2, 0.25) is 0 Å². The van der Waals surface area contributed by atoms with Crippen LogP contribution in [0.4, 0.5) is 0 Å². The van der Waals surface area contributed by atoms with Crippen molar-refractivity contribution in [3.8, 4) is 0 Å². The molecule has 1 aliphatic carbocycles. The Kier molecular flexibility index (Phi) is 3.72. The monoisotopic (exact) mass is 240 g/mol. The normalized spacial score (nSPS) is 26.6. The van der Waals surface area contributed by atoms with Gasteiger partial charge < -0.3 is 5.32 Å². The van der Waals surface area contributed by atoms with Crippen LogP contribution < -0.4 is 5.32 Å². The van der Waals surface area contributed by atoms with E-state index in [1.807, 2.05) is 43.4 Å². The highest BCUT2D eigenvalue weighted by molar-refractivity contribution is 6.17. The van der Waals surface area contributed by atoms with Crippen molar-refractivity contribution in [2.24, 2.45) is 10.9 Å². The van der Waals surface area contributed by atoms with Crippen LogP contribution in [0.25, 0.3) is 0 Å². The summed E-state index contributed by atoms with van der Waals surface area (Å²) in [4.78, 5) is 16.4. The van der Waals surface area contributed by atoms with Crippen LogP contribution in [-0.2, 0) is 4.79 Å². The average molecular weight is 240 g/mol. The predicted octanol–water partition coefficient (Wildman–Crippen LogP) is 2.66. The molecule has 1 saturated heterocycles. The number of carbonyl (C=O) groups is 1. The van der Waals surface area contributed by atoms with Gasteiger partial charge in [0.1, 0.15) is 0 Å². The maximum atomic E-state index is 12.0. The third-order valence-corrected chi connectivity index (χ3v) is 2.86. The molecule has 1 fully saturated rings. The number of allylic oxidation sites excluding steroid dienone is 7. The van der Waals surface area contributed by atoms with Crippen LogP contribution in [0.5, 0.6) is 0 Å². The van der Waals surface area contributed by atoms with Crippen molar-refractivity contribution in [3.63, 3.8) is 0 Å². The molecular weight excluding hydrogens is 224 g/mol. The molecule has 0 saturated carbocycles. The molecule has 0 aromatic rings. The summed E-state index contributed by atoms with van der Waals surface area (Å²) in [6.07, 6.45) is 13.9. The molecule has 0 aromatic carbocycles. The largest absolute Gasteiger partial charge is 0.321 e. The first-order valence-electron chi connectivity index (χ1n) is 6.03. The average Bonchev–Trinajstić information content (AvgIpc) is 2.60. The molecule has 3 nitrogen and oxygen atoms in total. The maximum Gasteiger partial charge on any atom is 0.252 e. The van der Waals surface area contributed by atoms with Gasteiger partial charge in [0.25, 0.3) is 5.91 Å². The van der Waals surface area contributed by atoms with Gasteiger partial charge in [-0.25, -0.2) is 0 Å². The molecule has 1 aliphatic heterocycles. The fourth-order valence-corrected chi connectivity index (χ4v) is 2.10. The third-order valence-electron chi connectivity index (χ3n) is 2.86. The van der Waals surface area contributed by atoms with Crippen LogP contribution >= 0.6 is 0 Å². The van der Waals surface area contributed by atoms with Crippen molar-refractivity contribution in [2.45, 2.75) is 13.3 Å². The lowest BCUT2D eigenvalue weighted by Gasteiger charge is -2.26. The van der Waals surface area contributed by atoms with Gasteiger partial charge in [-0.1, -0.05) is 50.0 Å². The number of piperidine rings is 1. The molecule has 1 atom stereocenters. The number of aliphatic imine (C=N–C) groups is 1. The number of amides is 1. The molecule has 0 radical (unpaired) electrons. The summed E-state index contributed by atoms with van der Waals surface area (Å²) in [5, 5.41) is 2.89. The molecule has 0 bridgehead atoms. The van der Waals surface area contributed by atoms with Crippen molar-refractivity contribution in [3.05, 3.63) is 60.5 Å². The van der Waals surface area contributed by atoms with Gasteiger partial charge in [0, 0.05) is 11.8 Å². The van der Waals surface area contributed by atoms with Crippen molar-refractivity contribution in [2.75, 3.05) is 0 Å². The third kappa shape index (κ3) is 2.25. The highest BCUT2D eigenvalue weighted by atomic mass is 16.1. The van der Waals surface area contributed by atoms with E-state index in [9.17, 15) is 4.79 Å². The molecule has 92 valence electrons. The summed E-state index contributed by atoms with van der Waals surface area (Å²) >= 11 is 0. The number of hydrogen-bond acceptors (Lipinski definition) is 2. The van der Waals surface area contributed by atoms with Crippen molar-refractivity contribution < 1.29 is 4.79 Å². The fourth-order valence-electron chi connectivity index (χ4n) is 2.10. The lowest BCUT2D eigenvalue weighted by atomic mass is 9.87. The van der Waals surface area contributed by atoms with Crippen LogP contribution in [0, 0.1) is 5.92 Å². The topological polar surface area (TPSA) is 41.5 Å². The summed E-state index contributed by atoms with van der Waals surface area (Å²) < 4.78 is 0. The van der Waals surface area contributed by atoms with E-state index in [4.69, 9.17) is 0 Å². The van der Waals surface area contributed by atoms with E-state index in [1.165, 1.54) is 6.20 Å². The van der Waals surface area contributed by atoms with E-state index in [2.05, 4.69) is 16.9 Å². The van der Waals surface area contributed by atoms with E-state index >= 15 is 0 Å². The Morgan fingerprint density at radius 2 is 2.28 bits per heavy atom. The second-order valence-corrected chi connectivity index (χ2v) is 4.05. The smallest absolute Gasteiger partial charge is 0.252 e. The number of nitrogens with one attached hydrogen (secondary N) is 1. The van der Waals surface area contributed by atoms with Gasteiger partial charge in [-0.05, 0) is 6.42 Å². The van der Waals surface area contributed by atoms with Crippen LogP contribution in [0.2, 0.25) is 0 Å². The molecule has 0 spiro atoms. The Balaban J connectivity index is 2.51. The molecule has 1 N–H and O–H groups in total. The number of hydrogen-bond donors (Lipinski definition) is 1. The SMILES string of the molecule is C=CN=C1/C(=C\CC)NC(=O)C2=CC=CC=CC21. The Bertz CT molecular complexity index is 519. The summed E-state index contributed by atoms with van der Waals surface area (Å²) in [5.74, 6) is -0.150. The fraction of sp³-hybridized carbons (Fsp3) is 0.200. The standard InChI is InChI=1S/C15H16N2O/c1-3-8-13-14(16-4-2)11-9-6-5-7-10-12(11)15(18)17-13/h4-11H,2-3H2,1H3,(H,17,18)/b13-8+,16-14?. The molecule has 1 amide bonds. The molecular formula is C15H16N2O. The maximum absolute atomic E-state index is 12.0. The zero-order valence-corrected chi connectivity index (χ0v) is 10.4. The van der Waals surface area contributed by atoms with Crippen LogP contribution in [0.15, 0.2) is 65.5 Å². The van der Waals surface area contributed by atoms with E-state index in [0.717, 1.165) is 17.8 Å². The first kappa shape index (κ1) is 12.3. The van der Waals surface area contributed by atoms with Crippen molar-refractivity contribution >= 4 is 11.6 Å². The van der Waals surface area contributed by atoms with E-state index < -0.39 is 0 Å². The van der Waals surface area contributed by atoms with Gasteiger partial charge in [-0.3, -0.25) is 9.79 Å². The molecule has 1 unspecified atom stereocenters. The molecule has 0 aromatic heterocycles. The van der Waals surface area contributed by atoms with Crippen LogP contribution in [-0.4, -0.2) is 11.6 Å². The highest BCUT2D eigenvalue weighted by Gasteiger charge is 2.31. The lowest BCUT2D eigenvalue weighted by molar-refractivity contribution is -0.117. The highest BCUT2D eigenvalue weighted by Crippen LogP contribution is 2.26. The molecule has 2 aliphatic rings. The summed E-state index contributed by atoms with van der Waals surface area (Å²) in [5.41, 5.74) is 2.35. The van der Waals surface area contributed by atoms with Crippen molar-refractivity contribution in [1.82, 2.24) is 5.32 Å². The summed E-state index contributed by atoms with van der Waals surface area (Å²) in [6, 6.07) is 0. The van der Waals surface area contributed by atoms with Gasteiger partial charge in [0.05, 0.1) is 17.3 Å². The van der Waals surface area contributed by atoms with Gasteiger partial charge in [-0.15, -0.1) is 0 Å². The first-order valence-corrected chi connectivity index (χ1v) is 6.03. The van der Waals surface area contributed by atoms with Crippen molar-refractivity contribution in [1.29, 1.82) is 0 Å². The van der Waals surface area contributed by atoms with E-state index in [1.54, 1.807) is 0 Å². The minimum Gasteiger partial charge on any atom is -0.321 e. The molecule has 2 rings (SSSR count). The Hall–Kier alpha value is -2.16. The molecule has 1 heterocycles. The number of carbonyl (C=O) groups excluding carboxylic acids is 1. The first-order chi connectivity index (χ1) is 8.77. The van der Waals surface area contributed by atoms with E-state index in [0.29, 0.717) is 5.57 Å². The number of rotatable bonds is 2. The van der Waals surface area contributed by atoms with Gasteiger partial charge >= 0.3 is 0 Å². The zero-order chi connectivity index (χ0) is 13.0. The van der Waals surface area contributed by atoms with E-state index in [-0.39, 0.29) is 11.8 Å². The second kappa shape index (κ2) is 5.45. The summed E-state index contributed by atoms with van der Waals surface area (Å²) in [6.45, 7) is 5.67. The Labute approximate surface area is 107 Å². The van der Waals surface area contributed by atoms with Crippen LogP contribution in [0.1, 0.15) is 13.3 Å². The van der Waals surface area contributed by atoms with Crippen LogP contribution in [0.3, 0.4) is 0 Å². The van der Waals surface area contributed by atoms with Gasteiger partial charge in [-0.2, -0.15) is 0 Å². The zero-order valence-electron chi connectivity index (χ0n) is 10.4. The van der Waals surface area contributed by atoms with Gasteiger partial charge in [0.15, 0.2) is 0 Å². The molecule has 3 heteroatoms. The minimum atomic E-state index is -0.0930. The number of nitrogens with zero attached hydrogens (tertiary/aromatic N) is 1. The predicted molar refractivity (Wildman–Crippen MR) is 74.0 cm³/mol. The second-order valence-electron chi connectivity index (χ2n) is 4.05. The number of fused-ring (bicyclic) bond motifs is 1. The Morgan fingerprint density at radius 1 is 1.44 bits per heavy atom. The lowest BCUT2D eigenvalue weighted by Crippen LogP contribution is -2.40. The molecule has 18 heavy (non-hydrogen) atoms. The quantitative estimate of drug-likeness (QED) is 0.792. The summed E-state index contributed by atoms with van der Waals surface area (Å²) in [7, 11) is 0. The minimum absolute atomic E-state index is 0.0566.